The maximum absolute atomic E-state index is 13.9. The molecule has 3 saturated heterocycles. The van der Waals surface area contributed by atoms with E-state index in [0.29, 0.717) is 6.42 Å². The number of carbonyl (C=O) groups is 3. The predicted molar refractivity (Wildman–Crippen MR) is 143 cm³/mol. The van der Waals surface area contributed by atoms with Gasteiger partial charge in [-0.25, -0.2) is 4.79 Å². The second kappa shape index (κ2) is 7.82. The van der Waals surface area contributed by atoms with Crippen molar-refractivity contribution in [2.24, 2.45) is 57.5 Å². The van der Waals surface area contributed by atoms with Crippen molar-refractivity contribution in [3.63, 3.8) is 0 Å². The van der Waals surface area contributed by atoms with Crippen LogP contribution in [0.2, 0.25) is 0 Å². The number of ether oxygens (including phenoxy) is 4. The molecule has 2 unspecified atom stereocenters. The molecular formula is C31H43NO11. The third kappa shape index (κ3) is 2.69. The molecule has 0 bridgehead atoms. The summed E-state index contributed by atoms with van der Waals surface area (Å²) in [6.45, 7) is 10.0. The smallest absolute Gasteiger partial charge is 0.341 e. The molecule has 0 aromatic carbocycles. The third-order valence-corrected chi connectivity index (χ3v) is 14.7. The molecule has 0 aromatic heterocycles. The monoisotopic (exact) mass is 605 g/mol. The van der Waals surface area contributed by atoms with Crippen LogP contribution >= 0.6 is 0 Å². The molecule has 5 saturated carbocycles. The molecule has 238 valence electrons. The Balaban J connectivity index is 1.33. The van der Waals surface area contributed by atoms with E-state index in [2.05, 4.69) is 0 Å². The molecule has 6 N–H and O–H groups in total. The van der Waals surface area contributed by atoms with Gasteiger partial charge >= 0.3 is 11.9 Å². The van der Waals surface area contributed by atoms with Crippen molar-refractivity contribution < 1.29 is 53.8 Å². The van der Waals surface area contributed by atoms with E-state index in [0.717, 1.165) is 0 Å². The van der Waals surface area contributed by atoms with Gasteiger partial charge in [0.2, 0.25) is 5.79 Å². The van der Waals surface area contributed by atoms with Crippen LogP contribution in [0.15, 0.2) is 0 Å². The van der Waals surface area contributed by atoms with Crippen molar-refractivity contribution in [1.82, 2.24) is 0 Å². The fraction of sp³-hybridized carbons (Fsp3) is 0.903. The van der Waals surface area contributed by atoms with Gasteiger partial charge in [0, 0.05) is 18.8 Å². The van der Waals surface area contributed by atoms with Crippen molar-refractivity contribution in [2.75, 3.05) is 0 Å². The molecule has 12 nitrogen and oxygen atoms in total. The highest BCUT2D eigenvalue weighted by Crippen LogP contribution is 2.80. The van der Waals surface area contributed by atoms with E-state index in [1.54, 1.807) is 0 Å². The largest absolute Gasteiger partial charge is 0.462 e. The maximum atomic E-state index is 13.9. The molecule has 8 fully saturated rings. The number of epoxide rings is 2. The van der Waals surface area contributed by atoms with Crippen molar-refractivity contribution in [1.29, 1.82) is 0 Å². The fourth-order valence-corrected chi connectivity index (χ4v) is 12.8. The zero-order valence-electron chi connectivity index (χ0n) is 25.4. The minimum atomic E-state index is -1.95. The SMILES string of the molecule is CC(=O)O[C@H]1CC2C([C@@H](O)[C@H](N)[C@@]3(O)C[C@@H]4O[C@@H]4[C@H](O)[C@]23C(C)=O)[C@@H]2C[C@@H]3[C@H]([C@H](C)[C@H]4O[C@]45OC(=O)[C@@](C)(O)[C@]35C)[C@@]12C. The number of ketones is 1. The van der Waals surface area contributed by atoms with Crippen molar-refractivity contribution >= 4 is 17.7 Å². The number of nitrogens with two attached hydrogens (primary N) is 1. The number of aliphatic hydroxyl groups is 4. The minimum absolute atomic E-state index is 0.000131. The van der Waals surface area contributed by atoms with Crippen LogP contribution in [0.3, 0.4) is 0 Å². The first-order valence-electron chi connectivity index (χ1n) is 15.7. The lowest BCUT2D eigenvalue weighted by Gasteiger charge is -2.67. The molecule has 0 aromatic rings. The summed E-state index contributed by atoms with van der Waals surface area (Å²) in [6.07, 6.45) is -4.48. The van der Waals surface area contributed by atoms with Gasteiger partial charge in [0.05, 0.1) is 35.2 Å². The average molecular weight is 606 g/mol. The number of fused-ring (bicyclic) bond motifs is 9. The van der Waals surface area contributed by atoms with Crippen LogP contribution in [-0.2, 0) is 33.3 Å². The number of aliphatic hydroxyl groups excluding tert-OH is 2. The summed E-state index contributed by atoms with van der Waals surface area (Å²) in [4.78, 5) is 39.7. The van der Waals surface area contributed by atoms with E-state index >= 15 is 0 Å². The molecule has 19 atom stereocenters. The number of esters is 2. The van der Waals surface area contributed by atoms with Crippen LogP contribution in [0.5, 0.6) is 0 Å². The van der Waals surface area contributed by atoms with E-state index < -0.39 is 111 Å². The summed E-state index contributed by atoms with van der Waals surface area (Å²) in [7, 11) is 0. The first-order chi connectivity index (χ1) is 19.9. The van der Waals surface area contributed by atoms with Gasteiger partial charge in [-0.05, 0) is 69.1 Å². The second-order valence-corrected chi connectivity index (χ2v) is 15.7. The number of Topliss-reactive ketones (excluding diaryl/α,β-unsaturated/α-hetero) is 1. The Bertz CT molecular complexity index is 1350. The summed E-state index contributed by atoms with van der Waals surface area (Å²) < 4.78 is 23.9. The van der Waals surface area contributed by atoms with Crippen LogP contribution in [0.4, 0.5) is 0 Å². The van der Waals surface area contributed by atoms with Crippen molar-refractivity contribution in [2.45, 2.75) is 120 Å². The first-order valence-corrected chi connectivity index (χ1v) is 15.7. The molecule has 3 aliphatic heterocycles. The van der Waals surface area contributed by atoms with Gasteiger partial charge in [-0.3, -0.25) is 9.59 Å². The molecule has 1 spiro atoms. The van der Waals surface area contributed by atoms with E-state index in [-0.39, 0.29) is 30.6 Å². The first kappa shape index (κ1) is 28.8. The standard InChI is InChI=1S/C31H43NO11/c1-10-19-15(27(5)28(6,38)25(37)43-31(27)24(10)42-31)7-13-18-14(8-17(26(13,19)4)40-12(3)34)30(11(2)33)23(36)21-16(41-21)9-29(30,39)22(32)20(18)35/h10,13-24,35-36,38-39H,7-9,32H2,1-6H3/t10-,13-,14?,15+,16-,17-,18?,19-,20+,21-,22-,23-,24+,26+,27-,28+,29-,30-,31-/m0/s1. The molecule has 0 amide bonds. The normalized spacial score (nSPS) is 65.4. The average Bonchev–Trinajstić information content (AvgIpc) is 3.80. The highest BCUT2D eigenvalue weighted by molar-refractivity contribution is 5.86. The topological polar surface area (TPSA) is 202 Å². The summed E-state index contributed by atoms with van der Waals surface area (Å²) in [6, 6.07) is -1.26. The Morgan fingerprint density at radius 1 is 1.05 bits per heavy atom. The highest BCUT2D eigenvalue weighted by atomic mass is 16.8. The Morgan fingerprint density at radius 2 is 1.72 bits per heavy atom. The van der Waals surface area contributed by atoms with Gasteiger partial charge in [-0.1, -0.05) is 13.8 Å². The lowest BCUT2D eigenvalue weighted by molar-refractivity contribution is -0.280. The molecule has 12 heteroatoms. The fourth-order valence-electron chi connectivity index (χ4n) is 12.8. The summed E-state index contributed by atoms with van der Waals surface area (Å²) in [5, 5.41) is 47.9. The maximum Gasteiger partial charge on any atom is 0.341 e. The van der Waals surface area contributed by atoms with E-state index in [4.69, 9.17) is 24.7 Å². The van der Waals surface area contributed by atoms with E-state index in [1.807, 2.05) is 20.8 Å². The molecule has 43 heavy (non-hydrogen) atoms. The van der Waals surface area contributed by atoms with Gasteiger partial charge in [-0.15, -0.1) is 0 Å². The molecule has 3 heterocycles. The molecule has 5 aliphatic carbocycles. The van der Waals surface area contributed by atoms with Gasteiger partial charge in [0.1, 0.15) is 29.7 Å². The van der Waals surface area contributed by atoms with E-state index in [1.165, 1.54) is 20.8 Å². The quantitative estimate of drug-likeness (QED) is 0.198. The molecule has 0 radical (unpaired) electrons. The number of hydrogen-bond acceptors (Lipinski definition) is 12. The number of hydrogen-bond donors (Lipinski definition) is 5. The van der Waals surface area contributed by atoms with Gasteiger partial charge in [-0.2, -0.15) is 0 Å². The number of rotatable bonds is 2. The minimum Gasteiger partial charge on any atom is -0.462 e. The van der Waals surface area contributed by atoms with Crippen LogP contribution in [0, 0.1) is 51.8 Å². The van der Waals surface area contributed by atoms with Crippen LogP contribution in [-0.4, -0.2) is 97.8 Å². The second-order valence-electron chi connectivity index (χ2n) is 15.7. The summed E-state index contributed by atoms with van der Waals surface area (Å²) >= 11 is 0. The van der Waals surface area contributed by atoms with Gasteiger partial charge in [0.15, 0.2) is 5.60 Å². The van der Waals surface area contributed by atoms with Gasteiger partial charge < -0.3 is 45.1 Å². The Morgan fingerprint density at radius 3 is 2.35 bits per heavy atom. The van der Waals surface area contributed by atoms with Crippen LogP contribution in [0.25, 0.3) is 0 Å². The third-order valence-electron chi connectivity index (χ3n) is 14.7. The van der Waals surface area contributed by atoms with Crippen molar-refractivity contribution in [3.8, 4) is 0 Å². The molecular weight excluding hydrogens is 562 g/mol. The Hall–Kier alpha value is -1.67. The zero-order chi connectivity index (χ0) is 31.2. The Kier molecular flexibility index (Phi) is 5.23. The van der Waals surface area contributed by atoms with Crippen LogP contribution in [0.1, 0.15) is 60.8 Å². The lowest BCUT2D eigenvalue weighted by atomic mass is 9.38. The predicted octanol–water partition coefficient (Wildman–Crippen LogP) is -0.588. The van der Waals surface area contributed by atoms with E-state index in [9.17, 15) is 34.8 Å². The summed E-state index contributed by atoms with van der Waals surface area (Å²) in [5.41, 5.74) is -0.815. The lowest BCUT2D eigenvalue weighted by Crippen LogP contribution is -2.81. The van der Waals surface area contributed by atoms with Crippen LogP contribution < -0.4 is 5.73 Å². The summed E-state index contributed by atoms with van der Waals surface area (Å²) in [5.74, 6) is -5.63. The Labute approximate surface area is 249 Å². The van der Waals surface area contributed by atoms with Gasteiger partial charge in [0.25, 0.3) is 0 Å². The molecule has 8 aliphatic rings. The molecule has 8 rings (SSSR count). The number of carbonyl (C=O) groups excluding carboxylic acids is 3. The zero-order valence-corrected chi connectivity index (χ0v) is 25.4. The highest BCUT2D eigenvalue weighted by Gasteiger charge is 2.91. The van der Waals surface area contributed by atoms with Crippen molar-refractivity contribution in [3.05, 3.63) is 0 Å².